The van der Waals surface area contributed by atoms with Gasteiger partial charge in [0.05, 0.1) is 11.6 Å². The second-order valence-corrected chi connectivity index (χ2v) is 4.93. The minimum Gasteiger partial charge on any atom is -0.376 e. The molecular weight excluding hydrogens is 210 g/mol. The van der Waals surface area contributed by atoms with Crippen LogP contribution < -0.4 is 5.32 Å². The van der Waals surface area contributed by atoms with E-state index in [4.69, 9.17) is 4.74 Å². The van der Waals surface area contributed by atoms with E-state index in [-0.39, 0.29) is 11.6 Å². The maximum absolute atomic E-state index is 5.57. The predicted octanol–water partition coefficient (Wildman–Crippen LogP) is 2.08. The normalized spacial score (nSPS) is 30.7. The van der Waals surface area contributed by atoms with Crippen molar-refractivity contribution in [2.24, 2.45) is 0 Å². The molecule has 1 aliphatic rings. The van der Waals surface area contributed by atoms with Gasteiger partial charge in [-0.25, -0.2) is 4.98 Å². The molecule has 4 nitrogen and oxygen atoms in total. The van der Waals surface area contributed by atoms with Crippen molar-refractivity contribution in [1.82, 2.24) is 9.36 Å². The third-order valence-electron chi connectivity index (χ3n) is 3.06. The van der Waals surface area contributed by atoms with Gasteiger partial charge in [-0.05, 0) is 20.3 Å². The standard InChI is InChI=1S/C10H17N3OS/c1-4-8-11-9(15-13-8)12-10(3)5-6-14-7(10)2/h7H,4-6H2,1-3H3,(H,11,12,13). The zero-order valence-corrected chi connectivity index (χ0v) is 10.2. The van der Waals surface area contributed by atoms with E-state index in [2.05, 4.69) is 35.4 Å². The molecule has 0 aromatic carbocycles. The Morgan fingerprint density at radius 1 is 1.67 bits per heavy atom. The lowest BCUT2D eigenvalue weighted by Gasteiger charge is -2.28. The fourth-order valence-electron chi connectivity index (χ4n) is 1.69. The first-order valence-electron chi connectivity index (χ1n) is 5.36. The molecule has 15 heavy (non-hydrogen) atoms. The molecule has 5 heteroatoms. The number of nitrogens with one attached hydrogen (secondary N) is 1. The molecule has 1 aromatic rings. The Balaban J connectivity index is 2.07. The van der Waals surface area contributed by atoms with Crippen LogP contribution in [0.3, 0.4) is 0 Å². The van der Waals surface area contributed by atoms with E-state index in [0.29, 0.717) is 0 Å². The molecule has 0 spiro atoms. The van der Waals surface area contributed by atoms with Crippen LogP contribution in [0.1, 0.15) is 33.0 Å². The highest BCUT2D eigenvalue weighted by atomic mass is 32.1. The van der Waals surface area contributed by atoms with Crippen molar-refractivity contribution in [2.75, 3.05) is 11.9 Å². The van der Waals surface area contributed by atoms with Crippen LogP contribution in [-0.2, 0) is 11.2 Å². The molecule has 0 radical (unpaired) electrons. The summed E-state index contributed by atoms with van der Waals surface area (Å²) in [6, 6.07) is 0. The van der Waals surface area contributed by atoms with E-state index in [1.165, 1.54) is 11.5 Å². The summed E-state index contributed by atoms with van der Waals surface area (Å²) in [6.07, 6.45) is 2.14. The summed E-state index contributed by atoms with van der Waals surface area (Å²) in [5.41, 5.74) is 0.00451. The van der Waals surface area contributed by atoms with Crippen molar-refractivity contribution in [3.63, 3.8) is 0 Å². The smallest absolute Gasteiger partial charge is 0.203 e. The number of rotatable bonds is 3. The van der Waals surface area contributed by atoms with Crippen LogP contribution in [0.5, 0.6) is 0 Å². The highest BCUT2D eigenvalue weighted by Gasteiger charge is 2.37. The molecule has 2 rings (SSSR count). The Morgan fingerprint density at radius 3 is 3.00 bits per heavy atom. The minimum absolute atomic E-state index is 0.00451. The van der Waals surface area contributed by atoms with E-state index in [1.807, 2.05) is 0 Å². The van der Waals surface area contributed by atoms with Crippen molar-refractivity contribution in [1.29, 1.82) is 0 Å². The summed E-state index contributed by atoms with van der Waals surface area (Å²) < 4.78 is 9.83. The fourth-order valence-corrected chi connectivity index (χ4v) is 2.48. The van der Waals surface area contributed by atoms with Crippen molar-refractivity contribution in [3.8, 4) is 0 Å². The average Bonchev–Trinajstić information content (AvgIpc) is 2.76. The lowest BCUT2D eigenvalue weighted by atomic mass is 9.95. The van der Waals surface area contributed by atoms with Gasteiger partial charge in [-0.3, -0.25) is 0 Å². The van der Waals surface area contributed by atoms with Crippen LogP contribution in [0.4, 0.5) is 5.13 Å². The number of hydrogen-bond donors (Lipinski definition) is 1. The Kier molecular flexibility index (Phi) is 2.93. The maximum atomic E-state index is 5.57. The average molecular weight is 227 g/mol. The largest absolute Gasteiger partial charge is 0.376 e. The maximum Gasteiger partial charge on any atom is 0.203 e. The summed E-state index contributed by atoms with van der Waals surface area (Å²) in [5.74, 6) is 0.915. The first-order chi connectivity index (χ1) is 7.14. The molecule has 1 fully saturated rings. The highest BCUT2D eigenvalue weighted by Crippen LogP contribution is 2.29. The van der Waals surface area contributed by atoms with E-state index < -0.39 is 0 Å². The number of aryl methyl sites for hydroxylation is 1. The van der Waals surface area contributed by atoms with Gasteiger partial charge in [-0.1, -0.05) is 6.92 Å². The first-order valence-corrected chi connectivity index (χ1v) is 6.14. The molecular formula is C10H17N3OS. The number of ether oxygens (including phenoxy) is 1. The van der Waals surface area contributed by atoms with Crippen LogP contribution in [-0.4, -0.2) is 27.6 Å². The summed E-state index contributed by atoms with van der Waals surface area (Å²) in [4.78, 5) is 4.41. The SMILES string of the molecule is CCc1nsc(NC2(C)CCOC2C)n1. The third-order valence-corrected chi connectivity index (χ3v) is 3.73. The van der Waals surface area contributed by atoms with E-state index in [9.17, 15) is 0 Å². The summed E-state index contributed by atoms with van der Waals surface area (Å²) in [5, 5.41) is 4.35. The number of anilines is 1. The van der Waals surface area contributed by atoms with Crippen LogP contribution in [0, 0.1) is 0 Å². The van der Waals surface area contributed by atoms with Crippen LogP contribution in [0.2, 0.25) is 0 Å². The highest BCUT2D eigenvalue weighted by molar-refractivity contribution is 7.09. The summed E-state index contributed by atoms with van der Waals surface area (Å²) in [7, 11) is 0. The molecule has 2 heterocycles. The second-order valence-electron chi connectivity index (χ2n) is 4.17. The van der Waals surface area contributed by atoms with Gasteiger partial charge in [0.1, 0.15) is 5.82 Å². The van der Waals surface area contributed by atoms with E-state index >= 15 is 0 Å². The quantitative estimate of drug-likeness (QED) is 0.859. The van der Waals surface area contributed by atoms with Crippen molar-refractivity contribution >= 4 is 16.7 Å². The second kappa shape index (κ2) is 4.06. The van der Waals surface area contributed by atoms with Crippen LogP contribution in [0.25, 0.3) is 0 Å². The summed E-state index contributed by atoms with van der Waals surface area (Å²) in [6.45, 7) is 7.17. The van der Waals surface area contributed by atoms with Crippen molar-refractivity contribution < 1.29 is 4.74 Å². The van der Waals surface area contributed by atoms with Crippen molar-refractivity contribution in [3.05, 3.63) is 5.82 Å². The summed E-state index contributed by atoms with van der Waals surface area (Å²) >= 11 is 1.43. The van der Waals surface area contributed by atoms with Gasteiger partial charge in [0.2, 0.25) is 5.13 Å². The van der Waals surface area contributed by atoms with E-state index in [0.717, 1.165) is 30.4 Å². The molecule has 2 atom stereocenters. The Hall–Kier alpha value is -0.680. The zero-order chi connectivity index (χ0) is 10.9. The molecule has 0 saturated carbocycles. The van der Waals surface area contributed by atoms with Crippen LogP contribution >= 0.6 is 11.5 Å². The van der Waals surface area contributed by atoms with Crippen LogP contribution in [0.15, 0.2) is 0 Å². The molecule has 1 aliphatic heterocycles. The molecule has 0 amide bonds. The fraction of sp³-hybridized carbons (Fsp3) is 0.800. The van der Waals surface area contributed by atoms with Gasteiger partial charge >= 0.3 is 0 Å². The molecule has 84 valence electrons. The molecule has 1 saturated heterocycles. The minimum atomic E-state index is 0.00451. The topological polar surface area (TPSA) is 47.0 Å². The van der Waals surface area contributed by atoms with Gasteiger partial charge in [-0.15, -0.1) is 0 Å². The Labute approximate surface area is 94.2 Å². The van der Waals surface area contributed by atoms with Crippen molar-refractivity contribution in [2.45, 2.75) is 45.3 Å². The van der Waals surface area contributed by atoms with Gasteiger partial charge in [0.15, 0.2) is 0 Å². The Bertz CT molecular complexity index is 341. The molecule has 2 unspecified atom stereocenters. The van der Waals surface area contributed by atoms with Gasteiger partial charge in [0, 0.05) is 24.6 Å². The Morgan fingerprint density at radius 2 is 2.47 bits per heavy atom. The van der Waals surface area contributed by atoms with Gasteiger partial charge in [-0.2, -0.15) is 4.37 Å². The lowest BCUT2D eigenvalue weighted by molar-refractivity contribution is 0.105. The number of nitrogens with zero attached hydrogens (tertiary/aromatic N) is 2. The zero-order valence-electron chi connectivity index (χ0n) is 9.41. The van der Waals surface area contributed by atoms with E-state index in [1.54, 1.807) is 0 Å². The van der Waals surface area contributed by atoms with Gasteiger partial charge < -0.3 is 10.1 Å². The first kappa shape index (κ1) is 10.8. The number of hydrogen-bond acceptors (Lipinski definition) is 5. The monoisotopic (exact) mass is 227 g/mol. The third kappa shape index (κ3) is 2.13. The molecule has 0 aliphatic carbocycles. The number of aromatic nitrogens is 2. The lowest BCUT2D eigenvalue weighted by Crippen LogP contribution is -2.41. The molecule has 0 bridgehead atoms. The molecule has 1 aromatic heterocycles. The predicted molar refractivity (Wildman–Crippen MR) is 61.3 cm³/mol. The molecule has 1 N–H and O–H groups in total. The van der Waals surface area contributed by atoms with Gasteiger partial charge in [0.25, 0.3) is 0 Å².